The Morgan fingerprint density at radius 3 is 2.43 bits per heavy atom. The predicted molar refractivity (Wildman–Crippen MR) is 23.3 cm³/mol. The first kappa shape index (κ1) is 4.50. The molecule has 1 rings (SSSR count). The Hall–Kier alpha value is -0.660. The third-order valence-corrected chi connectivity index (χ3v) is 0.974. The van der Waals surface area contributed by atoms with Gasteiger partial charge in [-0.2, -0.15) is 0 Å². The molecule has 0 aromatic carbocycles. The minimum absolute atomic E-state index is 0.125. The maximum absolute atomic E-state index is 10.3. The van der Waals surface area contributed by atoms with Gasteiger partial charge in [-0.3, -0.25) is 0 Å². The van der Waals surface area contributed by atoms with Crippen molar-refractivity contribution in [3.63, 3.8) is 0 Å². The van der Waals surface area contributed by atoms with Crippen LogP contribution >= 0.6 is 0 Å². The average molecular weight is 99.1 g/mol. The number of ether oxygens (including phenoxy) is 1. The van der Waals surface area contributed by atoms with Crippen LogP contribution in [0.2, 0.25) is 0 Å². The van der Waals surface area contributed by atoms with Gasteiger partial charge in [-0.1, -0.05) is 0 Å². The first-order chi connectivity index (χ1) is 3.34. The van der Waals surface area contributed by atoms with Crippen molar-refractivity contribution in [2.45, 2.75) is 12.8 Å². The molecule has 0 aliphatic heterocycles. The van der Waals surface area contributed by atoms with Crippen molar-refractivity contribution in [2.75, 3.05) is 7.11 Å². The molecule has 0 atom stereocenters. The minimum Gasteiger partial charge on any atom is -0.617 e. The lowest BCUT2D eigenvalue weighted by molar-refractivity contribution is -0.354. The van der Waals surface area contributed by atoms with Gasteiger partial charge < -0.3 is 9.84 Å². The topological polar surface area (TPSA) is 32.3 Å². The fourth-order valence-corrected chi connectivity index (χ4v) is 0.411. The molecular weight excluding hydrogens is 92.1 g/mol. The monoisotopic (exact) mass is 99.0 g/mol. The predicted octanol–water partition coefficient (Wildman–Crippen LogP) is -0.00150. The van der Waals surface area contributed by atoms with Crippen molar-refractivity contribution in [3.05, 3.63) is 11.5 Å². The highest BCUT2D eigenvalue weighted by Gasteiger charge is 2.11. The Morgan fingerprint density at radius 2 is 2.29 bits per heavy atom. The van der Waals surface area contributed by atoms with Crippen LogP contribution in [0, 0.1) is 0 Å². The number of allylic oxidation sites excluding steroid dienone is 1. The summed E-state index contributed by atoms with van der Waals surface area (Å²) in [6.45, 7) is 0. The lowest BCUT2D eigenvalue weighted by Crippen LogP contribution is -2.04. The van der Waals surface area contributed by atoms with E-state index in [9.17, 15) is 5.11 Å². The summed E-state index contributed by atoms with van der Waals surface area (Å²) in [6.07, 6.45) is 1.90. The molecule has 2 nitrogen and oxygen atoms in total. The number of hydrogen-bond donors (Lipinski definition) is 0. The lowest BCUT2D eigenvalue weighted by Gasteiger charge is -2.05. The van der Waals surface area contributed by atoms with E-state index in [0.29, 0.717) is 0 Å². The van der Waals surface area contributed by atoms with Gasteiger partial charge in [-0.05, 0) is 25.5 Å². The summed E-state index contributed by atoms with van der Waals surface area (Å²) < 4.78 is 4.40. The van der Waals surface area contributed by atoms with Crippen LogP contribution < -0.4 is 5.11 Å². The van der Waals surface area contributed by atoms with Crippen molar-refractivity contribution in [3.8, 4) is 0 Å². The highest BCUT2D eigenvalue weighted by atomic mass is 16.6. The van der Waals surface area contributed by atoms with Gasteiger partial charge in [0.05, 0.1) is 5.95 Å². The Morgan fingerprint density at radius 1 is 1.71 bits per heavy atom. The summed E-state index contributed by atoms with van der Waals surface area (Å²) in [7, 11) is 1.41. The molecule has 1 aliphatic rings. The Balaban J connectivity index is 2.49. The molecule has 0 aromatic rings. The molecule has 2 heteroatoms. The molecular formula is C5H7O2-. The van der Waals surface area contributed by atoms with E-state index in [1.807, 2.05) is 0 Å². The van der Waals surface area contributed by atoms with Crippen molar-refractivity contribution < 1.29 is 9.84 Å². The van der Waals surface area contributed by atoms with Crippen LogP contribution in [0.4, 0.5) is 0 Å². The van der Waals surface area contributed by atoms with Crippen molar-refractivity contribution in [1.82, 2.24) is 0 Å². The smallest absolute Gasteiger partial charge is 0.0501 e. The quantitative estimate of drug-likeness (QED) is 0.433. The largest absolute Gasteiger partial charge is 0.617 e. The van der Waals surface area contributed by atoms with Gasteiger partial charge in [0.2, 0.25) is 0 Å². The van der Waals surface area contributed by atoms with Gasteiger partial charge in [0.25, 0.3) is 0 Å². The fourth-order valence-electron chi connectivity index (χ4n) is 0.411. The second-order valence-electron chi connectivity index (χ2n) is 1.60. The molecule has 0 N–H and O–H groups in total. The summed E-state index contributed by atoms with van der Waals surface area (Å²) in [4.78, 5) is 0. The van der Waals surface area contributed by atoms with Crippen LogP contribution in [-0.4, -0.2) is 7.11 Å². The fraction of sp³-hybridized carbons (Fsp3) is 0.600. The van der Waals surface area contributed by atoms with E-state index in [-0.39, 0.29) is 5.95 Å². The SMILES string of the molecule is COC([O-])=C1CC1. The Kier molecular flexibility index (Phi) is 0.929. The summed E-state index contributed by atoms with van der Waals surface area (Å²) in [5.41, 5.74) is 0.933. The summed E-state index contributed by atoms with van der Waals surface area (Å²) >= 11 is 0. The standard InChI is InChI=1S/C5H8O2/c1-7-5(6)4-2-3-4/h6H,2-3H2,1H3/p-1. The maximum atomic E-state index is 10.3. The third-order valence-electron chi connectivity index (χ3n) is 0.974. The molecule has 0 amide bonds. The lowest BCUT2D eigenvalue weighted by atomic mass is 10.6. The van der Waals surface area contributed by atoms with Gasteiger partial charge in [0, 0.05) is 0 Å². The van der Waals surface area contributed by atoms with Crippen LogP contribution in [0.3, 0.4) is 0 Å². The first-order valence-electron chi connectivity index (χ1n) is 2.27. The van der Waals surface area contributed by atoms with Gasteiger partial charge in [0.15, 0.2) is 0 Å². The van der Waals surface area contributed by atoms with E-state index in [2.05, 4.69) is 4.74 Å². The van der Waals surface area contributed by atoms with Gasteiger partial charge in [-0.25, -0.2) is 0 Å². The van der Waals surface area contributed by atoms with E-state index in [0.717, 1.165) is 18.4 Å². The second kappa shape index (κ2) is 1.45. The molecule has 0 bridgehead atoms. The highest BCUT2D eigenvalue weighted by molar-refractivity contribution is 5.15. The third kappa shape index (κ3) is 0.856. The van der Waals surface area contributed by atoms with Crippen LogP contribution in [0.5, 0.6) is 0 Å². The average Bonchev–Trinajstić information content (AvgIpc) is 2.44. The van der Waals surface area contributed by atoms with Crippen molar-refractivity contribution in [2.24, 2.45) is 0 Å². The van der Waals surface area contributed by atoms with E-state index in [1.54, 1.807) is 0 Å². The van der Waals surface area contributed by atoms with Crippen LogP contribution in [0.25, 0.3) is 0 Å². The van der Waals surface area contributed by atoms with Crippen molar-refractivity contribution >= 4 is 0 Å². The van der Waals surface area contributed by atoms with Crippen LogP contribution in [0.1, 0.15) is 12.8 Å². The summed E-state index contributed by atoms with van der Waals surface area (Å²) in [6, 6.07) is 0. The molecule has 0 spiro atoms. The zero-order valence-electron chi connectivity index (χ0n) is 4.23. The molecule has 7 heavy (non-hydrogen) atoms. The minimum atomic E-state index is -0.125. The van der Waals surface area contributed by atoms with Crippen LogP contribution in [-0.2, 0) is 4.74 Å². The van der Waals surface area contributed by atoms with Crippen LogP contribution in [0.15, 0.2) is 11.5 Å². The Bertz CT molecular complexity index is 98.6. The number of rotatable bonds is 1. The molecule has 1 saturated carbocycles. The number of hydrogen-bond acceptors (Lipinski definition) is 2. The molecule has 0 unspecified atom stereocenters. The molecule has 1 fully saturated rings. The van der Waals surface area contributed by atoms with Gasteiger partial charge >= 0.3 is 0 Å². The van der Waals surface area contributed by atoms with E-state index < -0.39 is 0 Å². The first-order valence-corrected chi connectivity index (χ1v) is 2.27. The Labute approximate surface area is 42.4 Å². The van der Waals surface area contributed by atoms with E-state index >= 15 is 0 Å². The van der Waals surface area contributed by atoms with Gasteiger partial charge in [-0.15, -0.1) is 0 Å². The van der Waals surface area contributed by atoms with E-state index in [1.165, 1.54) is 7.11 Å². The molecule has 40 valence electrons. The second-order valence-corrected chi connectivity index (χ2v) is 1.60. The van der Waals surface area contributed by atoms with E-state index in [4.69, 9.17) is 0 Å². The normalized spacial score (nSPS) is 16.4. The van der Waals surface area contributed by atoms with Gasteiger partial charge in [0.1, 0.15) is 0 Å². The van der Waals surface area contributed by atoms with Crippen molar-refractivity contribution in [1.29, 1.82) is 0 Å². The zero-order valence-corrected chi connectivity index (χ0v) is 4.23. The zero-order chi connectivity index (χ0) is 5.28. The molecule has 0 saturated heterocycles. The maximum Gasteiger partial charge on any atom is 0.0501 e. The number of methoxy groups -OCH3 is 1. The molecule has 1 aliphatic carbocycles. The summed E-state index contributed by atoms with van der Waals surface area (Å²) in [5, 5.41) is 10.3. The summed E-state index contributed by atoms with van der Waals surface area (Å²) in [5.74, 6) is -0.125. The molecule has 0 aromatic heterocycles. The molecule has 0 radical (unpaired) electrons. The molecule has 0 heterocycles. The highest BCUT2D eigenvalue weighted by Crippen LogP contribution is 2.29.